The largest absolute Gasteiger partial charge is 0.463 e. The van der Waals surface area contributed by atoms with Gasteiger partial charge in [-0.25, -0.2) is 10.0 Å². The van der Waals surface area contributed by atoms with E-state index in [0.717, 1.165) is 25.8 Å². The maximum absolute atomic E-state index is 5.77. The lowest BCUT2D eigenvalue weighted by atomic mass is 9.75. The van der Waals surface area contributed by atoms with E-state index in [2.05, 4.69) is 47.6 Å². The van der Waals surface area contributed by atoms with Crippen molar-refractivity contribution >= 4 is 6.02 Å². The molecule has 3 N–H and O–H groups in total. The Morgan fingerprint density at radius 3 is 3.00 bits per heavy atom. The van der Waals surface area contributed by atoms with Crippen molar-refractivity contribution in [1.29, 1.82) is 0 Å². The van der Waals surface area contributed by atoms with Crippen LogP contribution in [-0.2, 0) is 17.6 Å². The number of hydrogen-bond acceptors (Lipinski definition) is 5. The normalized spacial score (nSPS) is 34.5. The average molecular weight is 300 g/mol. The number of amidine groups is 1. The predicted molar refractivity (Wildman–Crippen MR) is 86.4 cm³/mol. The summed E-state index contributed by atoms with van der Waals surface area (Å²) in [5.74, 6) is 0.600. The zero-order chi connectivity index (χ0) is 15.3. The van der Waals surface area contributed by atoms with Crippen molar-refractivity contribution in [1.82, 2.24) is 10.4 Å². The number of aryl methyl sites for hydroxylation is 1. The molecule has 5 heteroatoms. The standard InChI is InChI=1S/C17H24N4O/c1-11-9-19-21(2)15(11)13-5-3-4-12-6-7-17(8-14(12)13)10-22-16(18)20-17/h3-5,11,15,19H,6-10H2,1-2H3,(H2,18,20). The van der Waals surface area contributed by atoms with E-state index in [1.54, 1.807) is 0 Å². The van der Waals surface area contributed by atoms with Gasteiger partial charge < -0.3 is 10.5 Å². The first-order valence-electron chi connectivity index (χ1n) is 8.13. The Kier molecular flexibility index (Phi) is 3.16. The summed E-state index contributed by atoms with van der Waals surface area (Å²) in [6, 6.07) is 7.53. The van der Waals surface area contributed by atoms with Gasteiger partial charge in [0.05, 0.1) is 6.04 Å². The van der Waals surface area contributed by atoms with Crippen LogP contribution in [0.5, 0.6) is 0 Å². The monoisotopic (exact) mass is 300 g/mol. The number of fused-ring (bicyclic) bond motifs is 1. The molecule has 0 bridgehead atoms. The maximum atomic E-state index is 5.77. The zero-order valence-corrected chi connectivity index (χ0v) is 13.3. The second-order valence-electron chi connectivity index (χ2n) is 7.02. The third kappa shape index (κ3) is 2.11. The lowest BCUT2D eigenvalue weighted by Crippen LogP contribution is -2.37. The van der Waals surface area contributed by atoms with Gasteiger partial charge in [-0.3, -0.25) is 5.43 Å². The van der Waals surface area contributed by atoms with Crippen LogP contribution in [0.1, 0.15) is 36.1 Å². The van der Waals surface area contributed by atoms with Gasteiger partial charge in [0.2, 0.25) is 0 Å². The molecule has 0 aromatic heterocycles. The van der Waals surface area contributed by atoms with Crippen molar-refractivity contribution in [3.05, 3.63) is 34.9 Å². The number of aliphatic imine (C=N–C) groups is 1. The summed E-state index contributed by atoms with van der Waals surface area (Å²) in [5, 5.41) is 2.25. The summed E-state index contributed by atoms with van der Waals surface area (Å²) in [6.45, 7) is 3.97. The number of hydrazine groups is 1. The van der Waals surface area contributed by atoms with Gasteiger partial charge >= 0.3 is 0 Å². The van der Waals surface area contributed by atoms with Crippen LogP contribution in [0.25, 0.3) is 0 Å². The molecular formula is C17H24N4O. The topological polar surface area (TPSA) is 62.9 Å². The first kappa shape index (κ1) is 14.0. The Morgan fingerprint density at radius 1 is 1.45 bits per heavy atom. The molecule has 1 fully saturated rings. The Bertz CT molecular complexity index is 619. The van der Waals surface area contributed by atoms with Crippen molar-refractivity contribution in [2.24, 2.45) is 16.6 Å². The highest BCUT2D eigenvalue weighted by Crippen LogP contribution is 2.40. The quantitative estimate of drug-likeness (QED) is 0.822. The van der Waals surface area contributed by atoms with E-state index in [1.807, 2.05) is 0 Å². The molecule has 118 valence electrons. The minimum Gasteiger partial charge on any atom is -0.463 e. The van der Waals surface area contributed by atoms with Crippen LogP contribution in [0.2, 0.25) is 0 Å². The number of nitrogens with one attached hydrogen (secondary N) is 1. The molecule has 3 aliphatic rings. The molecule has 1 saturated heterocycles. The Labute approximate surface area is 131 Å². The van der Waals surface area contributed by atoms with E-state index in [1.165, 1.54) is 16.7 Å². The minimum atomic E-state index is -0.138. The summed E-state index contributed by atoms with van der Waals surface area (Å²) < 4.78 is 5.47. The van der Waals surface area contributed by atoms with Crippen LogP contribution < -0.4 is 11.2 Å². The molecule has 1 aliphatic carbocycles. The highest BCUT2D eigenvalue weighted by atomic mass is 16.5. The molecular weight excluding hydrogens is 276 g/mol. The molecule has 2 aliphatic heterocycles. The molecule has 1 spiro atoms. The Hall–Kier alpha value is -1.59. The van der Waals surface area contributed by atoms with Crippen molar-refractivity contribution in [3.63, 3.8) is 0 Å². The third-order valence-electron chi connectivity index (χ3n) is 5.45. The van der Waals surface area contributed by atoms with E-state index in [9.17, 15) is 0 Å². The predicted octanol–water partition coefficient (Wildman–Crippen LogP) is 1.39. The Morgan fingerprint density at radius 2 is 2.32 bits per heavy atom. The number of nitrogens with two attached hydrogens (primary N) is 1. The molecule has 3 unspecified atom stereocenters. The number of hydrogen-bond donors (Lipinski definition) is 2. The summed E-state index contributed by atoms with van der Waals surface area (Å²) >= 11 is 0. The van der Waals surface area contributed by atoms with Crippen LogP contribution in [0, 0.1) is 5.92 Å². The number of nitrogens with zero attached hydrogens (tertiary/aromatic N) is 2. The number of rotatable bonds is 1. The fraction of sp³-hybridized carbons (Fsp3) is 0.588. The van der Waals surface area contributed by atoms with E-state index >= 15 is 0 Å². The average Bonchev–Trinajstić information content (AvgIpc) is 3.02. The third-order valence-corrected chi connectivity index (χ3v) is 5.45. The van der Waals surface area contributed by atoms with E-state index in [0.29, 0.717) is 24.6 Å². The zero-order valence-electron chi connectivity index (χ0n) is 13.3. The summed E-state index contributed by atoms with van der Waals surface area (Å²) in [7, 11) is 2.14. The molecule has 3 atom stereocenters. The molecule has 1 aromatic carbocycles. The van der Waals surface area contributed by atoms with Crippen LogP contribution in [0.15, 0.2) is 23.2 Å². The van der Waals surface area contributed by atoms with Crippen LogP contribution in [0.3, 0.4) is 0 Å². The minimum absolute atomic E-state index is 0.138. The molecule has 22 heavy (non-hydrogen) atoms. The van der Waals surface area contributed by atoms with Gasteiger partial charge in [-0.2, -0.15) is 0 Å². The molecule has 5 nitrogen and oxygen atoms in total. The molecule has 0 amide bonds. The van der Waals surface area contributed by atoms with Gasteiger partial charge in [0, 0.05) is 20.0 Å². The van der Waals surface area contributed by atoms with Crippen LogP contribution in [-0.4, -0.2) is 36.8 Å². The highest BCUT2D eigenvalue weighted by Gasteiger charge is 2.41. The highest BCUT2D eigenvalue weighted by molar-refractivity contribution is 5.74. The van der Waals surface area contributed by atoms with Gasteiger partial charge in [-0.05, 0) is 35.4 Å². The van der Waals surface area contributed by atoms with E-state index < -0.39 is 0 Å². The molecule has 0 radical (unpaired) electrons. The van der Waals surface area contributed by atoms with Gasteiger partial charge in [0.1, 0.15) is 12.1 Å². The molecule has 1 aromatic rings. The van der Waals surface area contributed by atoms with Crippen molar-refractivity contribution in [2.75, 3.05) is 20.2 Å². The number of benzene rings is 1. The van der Waals surface area contributed by atoms with E-state index in [4.69, 9.17) is 10.5 Å². The van der Waals surface area contributed by atoms with Crippen molar-refractivity contribution < 1.29 is 4.74 Å². The summed E-state index contributed by atoms with van der Waals surface area (Å²) in [5.41, 5.74) is 13.5. The summed E-state index contributed by atoms with van der Waals surface area (Å²) in [6.07, 6.45) is 3.02. The second-order valence-corrected chi connectivity index (χ2v) is 7.02. The number of ether oxygens (including phenoxy) is 1. The SMILES string of the molecule is CC1CNN(C)C1c1cccc2c1CC1(CC2)COC(N)=N1. The first-order chi connectivity index (χ1) is 10.6. The van der Waals surface area contributed by atoms with Gasteiger partial charge in [-0.1, -0.05) is 25.1 Å². The van der Waals surface area contributed by atoms with Crippen molar-refractivity contribution in [3.8, 4) is 0 Å². The lowest BCUT2D eigenvalue weighted by Gasteiger charge is -2.34. The van der Waals surface area contributed by atoms with Crippen LogP contribution in [0.4, 0.5) is 0 Å². The lowest BCUT2D eigenvalue weighted by molar-refractivity contribution is 0.216. The van der Waals surface area contributed by atoms with E-state index in [-0.39, 0.29) is 5.54 Å². The first-order valence-corrected chi connectivity index (χ1v) is 8.13. The van der Waals surface area contributed by atoms with Gasteiger partial charge in [0.15, 0.2) is 0 Å². The van der Waals surface area contributed by atoms with Crippen LogP contribution >= 0.6 is 0 Å². The van der Waals surface area contributed by atoms with Crippen molar-refractivity contribution in [2.45, 2.75) is 37.8 Å². The van der Waals surface area contributed by atoms with Gasteiger partial charge in [0.25, 0.3) is 6.02 Å². The summed E-state index contributed by atoms with van der Waals surface area (Å²) in [4.78, 5) is 4.63. The Balaban J connectivity index is 1.74. The second kappa shape index (κ2) is 4.96. The fourth-order valence-corrected chi connectivity index (χ4v) is 4.29. The fourth-order valence-electron chi connectivity index (χ4n) is 4.29. The molecule has 2 heterocycles. The smallest absolute Gasteiger partial charge is 0.282 e. The van der Waals surface area contributed by atoms with Gasteiger partial charge in [-0.15, -0.1) is 0 Å². The molecule has 4 rings (SSSR count). The molecule has 0 saturated carbocycles. The maximum Gasteiger partial charge on any atom is 0.282 e.